The van der Waals surface area contributed by atoms with Crippen LogP contribution in [0.2, 0.25) is 0 Å². The number of alkyl halides is 1. The zero-order valence-corrected chi connectivity index (χ0v) is 14.0. The molecule has 0 radical (unpaired) electrons. The van der Waals surface area contributed by atoms with E-state index in [0.717, 1.165) is 52.4 Å². The molecule has 1 rings (SSSR count). The van der Waals surface area contributed by atoms with Gasteiger partial charge < -0.3 is 21.3 Å². The van der Waals surface area contributed by atoms with E-state index in [1.54, 1.807) is 0 Å². The SMILES string of the molecule is CC1CNCCNCC[C@](C)(I)CNCCNC1. The lowest BCUT2D eigenvalue weighted by Gasteiger charge is -2.23. The first kappa shape index (κ1) is 16.6. The first-order valence-corrected chi connectivity index (χ1v) is 8.20. The summed E-state index contributed by atoms with van der Waals surface area (Å²) >= 11 is 2.57. The van der Waals surface area contributed by atoms with Crippen LogP contribution in [0.3, 0.4) is 0 Å². The van der Waals surface area contributed by atoms with E-state index in [0.29, 0.717) is 9.34 Å². The van der Waals surface area contributed by atoms with Gasteiger partial charge in [0.25, 0.3) is 0 Å². The van der Waals surface area contributed by atoms with Crippen molar-refractivity contribution < 1.29 is 0 Å². The summed E-state index contributed by atoms with van der Waals surface area (Å²) < 4.78 is 0.353. The van der Waals surface area contributed by atoms with Crippen molar-refractivity contribution in [3.63, 3.8) is 0 Å². The molecule has 4 N–H and O–H groups in total. The molecular formula is C13H29IN4. The normalized spacial score (nSPS) is 34.5. The highest BCUT2D eigenvalue weighted by molar-refractivity contribution is 14.1. The van der Waals surface area contributed by atoms with Crippen LogP contribution < -0.4 is 21.3 Å². The molecule has 4 nitrogen and oxygen atoms in total. The quantitative estimate of drug-likeness (QED) is 0.373. The van der Waals surface area contributed by atoms with Gasteiger partial charge in [0.15, 0.2) is 0 Å². The summed E-state index contributed by atoms with van der Waals surface area (Å²) in [6.45, 7) is 13.3. The second-order valence-electron chi connectivity index (χ2n) is 5.60. The van der Waals surface area contributed by atoms with Gasteiger partial charge >= 0.3 is 0 Å². The Balaban J connectivity index is 2.28. The molecule has 0 spiro atoms. The molecule has 2 atom stereocenters. The van der Waals surface area contributed by atoms with Gasteiger partial charge in [-0.05, 0) is 38.9 Å². The van der Waals surface area contributed by atoms with Crippen molar-refractivity contribution in [1.82, 2.24) is 21.3 Å². The Hall–Kier alpha value is 0.570. The molecule has 0 aliphatic carbocycles. The largest absolute Gasteiger partial charge is 0.315 e. The lowest BCUT2D eigenvalue weighted by Crippen LogP contribution is -2.38. The molecule has 1 saturated heterocycles. The van der Waals surface area contributed by atoms with Crippen molar-refractivity contribution in [1.29, 1.82) is 0 Å². The molecule has 1 unspecified atom stereocenters. The Labute approximate surface area is 126 Å². The minimum atomic E-state index is 0.353. The van der Waals surface area contributed by atoms with E-state index in [4.69, 9.17) is 0 Å². The molecule has 108 valence electrons. The Bertz CT molecular complexity index is 211. The van der Waals surface area contributed by atoms with Crippen LogP contribution in [0.1, 0.15) is 20.3 Å². The second-order valence-corrected chi connectivity index (χ2v) is 8.21. The van der Waals surface area contributed by atoms with E-state index < -0.39 is 0 Å². The van der Waals surface area contributed by atoms with E-state index in [-0.39, 0.29) is 0 Å². The van der Waals surface area contributed by atoms with E-state index in [1.165, 1.54) is 6.42 Å². The van der Waals surface area contributed by atoms with Gasteiger partial charge in [0.2, 0.25) is 0 Å². The molecule has 0 amide bonds. The van der Waals surface area contributed by atoms with Crippen molar-refractivity contribution in [2.75, 3.05) is 52.4 Å². The average molecular weight is 368 g/mol. The molecule has 5 heteroatoms. The predicted molar refractivity (Wildman–Crippen MR) is 87.7 cm³/mol. The van der Waals surface area contributed by atoms with Gasteiger partial charge in [-0.25, -0.2) is 0 Å². The Morgan fingerprint density at radius 2 is 1.44 bits per heavy atom. The van der Waals surface area contributed by atoms with Crippen LogP contribution in [0.25, 0.3) is 0 Å². The maximum atomic E-state index is 3.55. The van der Waals surface area contributed by atoms with Crippen molar-refractivity contribution >= 4 is 22.6 Å². The minimum absolute atomic E-state index is 0.353. The van der Waals surface area contributed by atoms with E-state index in [9.17, 15) is 0 Å². The molecule has 0 bridgehead atoms. The van der Waals surface area contributed by atoms with Crippen molar-refractivity contribution in [2.24, 2.45) is 5.92 Å². The fourth-order valence-corrected chi connectivity index (χ4v) is 2.57. The average Bonchev–Trinajstić information content (AvgIpc) is 2.31. The topological polar surface area (TPSA) is 48.1 Å². The van der Waals surface area contributed by atoms with Crippen LogP contribution in [0, 0.1) is 5.92 Å². The number of rotatable bonds is 0. The van der Waals surface area contributed by atoms with Gasteiger partial charge in [0.1, 0.15) is 0 Å². The summed E-state index contributed by atoms with van der Waals surface area (Å²) in [6.07, 6.45) is 1.21. The number of hydrogen-bond donors (Lipinski definition) is 4. The van der Waals surface area contributed by atoms with Crippen molar-refractivity contribution in [3.05, 3.63) is 0 Å². The monoisotopic (exact) mass is 368 g/mol. The van der Waals surface area contributed by atoms with Crippen LogP contribution in [-0.2, 0) is 0 Å². The molecule has 0 saturated carbocycles. The van der Waals surface area contributed by atoms with Gasteiger partial charge in [0, 0.05) is 36.1 Å². The third-order valence-electron chi connectivity index (χ3n) is 3.26. The maximum Gasteiger partial charge on any atom is 0.0330 e. The molecule has 0 aromatic heterocycles. The molecule has 1 aliphatic heterocycles. The zero-order chi connectivity index (χ0) is 13.3. The lowest BCUT2D eigenvalue weighted by atomic mass is 10.1. The van der Waals surface area contributed by atoms with Crippen LogP contribution in [0.5, 0.6) is 0 Å². The number of nitrogens with one attached hydrogen (secondary N) is 4. The van der Waals surface area contributed by atoms with Crippen molar-refractivity contribution in [2.45, 2.75) is 23.7 Å². The predicted octanol–water partition coefficient (Wildman–Crippen LogP) is 0.578. The minimum Gasteiger partial charge on any atom is -0.315 e. The Morgan fingerprint density at radius 1 is 0.889 bits per heavy atom. The molecule has 18 heavy (non-hydrogen) atoms. The molecule has 1 aliphatic rings. The highest BCUT2D eigenvalue weighted by Crippen LogP contribution is 2.20. The number of hydrogen-bond acceptors (Lipinski definition) is 4. The second kappa shape index (κ2) is 9.47. The summed E-state index contributed by atoms with van der Waals surface area (Å²) in [7, 11) is 0. The Morgan fingerprint density at radius 3 is 2.11 bits per heavy atom. The molecule has 1 fully saturated rings. The molecular weight excluding hydrogens is 339 g/mol. The summed E-state index contributed by atoms with van der Waals surface area (Å²) in [4.78, 5) is 0. The first-order chi connectivity index (χ1) is 8.60. The van der Waals surface area contributed by atoms with Gasteiger partial charge in [0.05, 0.1) is 0 Å². The summed E-state index contributed by atoms with van der Waals surface area (Å²) in [5.74, 6) is 0.699. The fourth-order valence-electron chi connectivity index (χ4n) is 2.03. The third-order valence-corrected chi connectivity index (χ3v) is 4.18. The summed E-state index contributed by atoms with van der Waals surface area (Å²) in [5.41, 5.74) is 0. The first-order valence-electron chi connectivity index (χ1n) is 7.12. The van der Waals surface area contributed by atoms with Crippen LogP contribution >= 0.6 is 22.6 Å². The molecule has 0 aromatic carbocycles. The maximum absolute atomic E-state index is 3.55. The lowest BCUT2D eigenvalue weighted by molar-refractivity contribution is 0.469. The fraction of sp³-hybridized carbons (Fsp3) is 1.00. The van der Waals surface area contributed by atoms with Crippen LogP contribution in [0.4, 0.5) is 0 Å². The highest BCUT2D eigenvalue weighted by Gasteiger charge is 2.18. The Kier molecular flexibility index (Phi) is 8.75. The third kappa shape index (κ3) is 8.63. The van der Waals surface area contributed by atoms with Gasteiger partial charge in [-0.3, -0.25) is 0 Å². The summed E-state index contributed by atoms with van der Waals surface area (Å²) in [6, 6.07) is 0. The van der Waals surface area contributed by atoms with E-state index in [1.807, 2.05) is 0 Å². The number of halogens is 1. The smallest absolute Gasteiger partial charge is 0.0330 e. The van der Waals surface area contributed by atoms with Crippen molar-refractivity contribution in [3.8, 4) is 0 Å². The van der Waals surface area contributed by atoms with Crippen LogP contribution in [0.15, 0.2) is 0 Å². The van der Waals surface area contributed by atoms with E-state index in [2.05, 4.69) is 57.7 Å². The summed E-state index contributed by atoms with van der Waals surface area (Å²) in [5, 5.41) is 14.1. The van der Waals surface area contributed by atoms with Crippen LogP contribution in [-0.4, -0.2) is 55.8 Å². The van der Waals surface area contributed by atoms with Gasteiger partial charge in [-0.15, -0.1) is 0 Å². The van der Waals surface area contributed by atoms with Gasteiger partial charge in [-0.1, -0.05) is 29.5 Å². The van der Waals surface area contributed by atoms with E-state index >= 15 is 0 Å². The molecule has 0 aromatic rings. The van der Waals surface area contributed by atoms with Gasteiger partial charge in [-0.2, -0.15) is 0 Å². The standard InChI is InChI=1S/C13H29IN4/c1-12-9-16-6-5-15-4-3-13(2,14)11-18-8-7-17-10-12/h12,15-18H,3-11H2,1-2H3/t12?,13-/m0/s1. The molecule has 1 heterocycles. The highest BCUT2D eigenvalue weighted by atomic mass is 127. The zero-order valence-electron chi connectivity index (χ0n) is 11.8.